The Hall–Kier alpha value is -1.84. The highest BCUT2D eigenvalue weighted by atomic mass is 16.6. The molecule has 1 aliphatic rings. The van der Waals surface area contributed by atoms with Gasteiger partial charge in [0.1, 0.15) is 12.4 Å². The fourth-order valence-corrected chi connectivity index (χ4v) is 2.31. The number of nitrogens with zero attached hydrogens (tertiary/aromatic N) is 1. The molecule has 0 saturated carbocycles. The number of carbonyl (C=O) groups excluding carboxylic acids is 2. The minimum absolute atomic E-state index is 0.00970. The zero-order chi connectivity index (χ0) is 13.7. The van der Waals surface area contributed by atoms with E-state index in [-0.39, 0.29) is 24.5 Å². The van der Waals surface area contributed by atoms with Crippen LogP contribution in [0.15, 0.2) is 30.3 Å². The summed E-state index contributed by atoms with van der Waals surface area (Å²) < 4.78 is 5.31. The molecule has 1 amide bonds. The number of rotatable bonds is 3. The third-order valence-electron chi connectivity index (χ3n) is 3.45. The van der Waals surface area contributed by atoms with Gasteiger partial charge in [-0.25, -0.2) is 4.79 Å². The zero-order valence-electron chi connectivity index (χ0n) is 11.2. The molecule has 0 bridgehead atoms. The summed E-state index contributed by atoms with van der Waals surface area (Å²) in [7, 11) is 0. The molecule has 1 fully saturated rings. The van der Waals surface area contributed by atoms with Gasteiger partial charge in [-0.05, 0) is 12.0 Å². The molecule has 4 heteroatoms. The number of amides is 1. The fourth-order valence-electron chi connectivity index (χ4n) is 2.31. The maximum Gasteiger partial charge on any atom is 0.410 e. The molecule has 4 nitrogen and oxygen atoms in total. The van der Waals surface area contributed by atoms with Crippen molar-refractivity contribution in [1.29, 1.82) is 0 Å². The molecule has 2 rings (SSSR count). The topological polar surface area (TPSA) is 46.6 Å². The molecule has 0 spiro atoms. The van der Waals surface area contributed by atoms with Crippen molar-refractivity contribution in [2.45, 2.75) is 38.8 Å². The van der Waals surface area contributed by atoms with Gasteiger partial charge in [-0.15, -0.1) is 0 Å². The number of piperidine rings is 1. The summed E-state index contributed by atoms with van der Waals surface area (Å²) in [5.41, 5.74) is 0.969. The minimum atomic E-state index is -0.316. The molecule has 1 heterocycles. The van der Waals surface area contributed by atoms with Crippen molar-refractivity contribution in [3.05, 3.63) is 35.9 Å². The molecule has 0 radical (unpaired) electrons. The Morgan fingerprint density at radius 3 is 2.79 bits per heavy atom. The van der Waals surface area contributed by atoms with E-state index < -0.39 is 0 Å². The average Bonchev–Trinajstić information content (AvgIpc) is 2.45. The highest BCUT2D eigenvalue weighted by Crippen LogP contribution is 2.18. The van der Waals surface area contributed by atoms with Gasteiger partial charge in [-0.2, -0.15) is 0 Å². The van der Waals surface area contributed by atoms with Crippen LogP contribution in [0.25, 0.3) is 0 Å². The van der Waals surface area contributed by atoms with E-state index in [0.29, 0.717) is 19.4 Å². The van der Waals surface area contributed by atoms with Crippen LogP contribution in [0.5, 0.6) is 0 Å². The lowest BCUT2D eigenvalue weighted by Crippen LogP contribution is -2.46. The van der Waals surface area contributed by atoms with Crippen LogP contribution in [0.4, 0.5) is 4.79 Å². The highest BCUT2D eigenvalue weighted by molar-refractivity contribution is 5.82. The highest BCUT2D eigenvalue weighted by Gasteiger charge is 2.30. The van der Waals surface area contributed by atoms with Crippen LogP contribution in [-0.4, -0.2) is 29.4 Å². The van der Waals surface area contributed by atoms with Crippen LogP contribution < -0.4 is 0 Å². The van der Waals surface area contributed by atoms with Gasteiger partial charge in [0.2, 0.25) is 0 Å². The molecule has 102 valence electrons. The molecule has 1 aliphatic heterocycles. The van der Waals surface area contributed by atoms with Crippen LogP contribution in [0.3, 0.4) is 0 Å². The van der Waals surface area contributed by atoms with Crippen LogP contribution in [0, 0.1) is 0 Å². The second kappa shape index (κ2) is 6.36. The number of Topliss-reactive ketones (excluding diaryl/α,β-unsaturated/α-hetero) is 1. The van der Waals surface area contributed by atoms with E-state index in [1.807, 2.05) is 37.3 Å². The standard InChI is InChI=1S/C15H19NO3/c1-2-13-10-14(17)8-9-16(13)15(18)19-11-12-6-4-3-5-7-12/h3-7,13H,2,8-11H2,1H3/t13-/m0/s1. The predicted molar refractivity (Wildman–Crippen MR) is 71.7 cm³/mol. The molecule has 0 N–H and O–H groups in total. The maximum atomic E-state index is 12.0. The Bertz CT molecular complexity index is 444. The number of likely N-dealkylation sites (tertiary alicyclic amines) is 1. The molecular formula is C15H19NO3. The first kappa shape index (κ1) is 13.6. The molecule has 0 aromatic heterocycles. The number of hydrogen-bond acceptors (Lipinski definition) is 3. The lowest BCUT2D eigenvalue weighted by atomic mass is 9.99. The first-order valence-electron chi connectivity index (χ1n) is 6.69. The van der Waals surface area contributed by atoms with Gasteiger partial charge < -0.3 is 9.64 Å². The van der Waals surface area contributed by atoms with Crippen molar-refractivity contribution in [2.24, 2.45) is 0 Å². The first-order valence-corrected chi connectivity index (χ1v) is 6.69. The van der Waals surface area contributed by atoms with Gasteiger partial charge in [-0.1, -0.05) is 37.3 Å². The summed E-state index contributed by atoms with van der Waals surface area (Å²) in [4.78, 5) is 25.1. The van der Waals surface area contributed by atoms with E-state index in [2.05, 4.69) is 0 Å². The van der Waals surface area contributed by atoms with Crippen LogP contribution >= 0.6 is 0 Å². The van der Waals surface area contributed by atoms with E-state index in [9.17, 15) is 9.59 Å². The van der Waals surface area contributed by atoms with Gasteiger partial charge in [0, 0.05) is 25.4 Å². The lowest BCUT2D eigenvalue weighted by molar-refractivity contribution is -0.122. The van der Waals surface area contributed by atoms with Crippen LogP contribution in [0.1, 0.15) is 31.7 Å². The third kappa shape index (κ3) is 3.56. The quantitative estimate of drug-likeness (QED) is 0.840. The summed E-state index contributed by atoms with van der Waals surface area (Å²) in [6.45, 7) is 2.74. The Morgan fingerprint density at radius 1 is 1.37 bits per heavy atom. The van der Waals surface area contributed by atoms with Crippen molar-refractivity contribution in [3.8, 4) is 0 Å². The van der Waals surface area contributed by atoms with Crippen molar-refractivity contribution < 1.29 is 14.3 Å². The second-order valence-corrected chi connectivity index (χ2v) is 4.79. The van der Waals surface area contributed by atoms with Gasteiger partial charge >= 0.3 is 6.09 Å². The van der Waals surface area contributed by atoms with Crippen molar-refractivity contribution in [3.63, 3.8) is 0 Å². The van der Waals surface area contributed by atoms with E-state index >= 15 is 0 Å². The molecular weight excluding hydrogens is 242 g/mol. The van der Waals surface area contributed by atoms with Gasteiger partial charge in [0.25, 0.3) is 0 Å². The van der Waals surface area contributed by atoms with E-state index in [1.54, 1.807) is 4.90 Å². The Balaban J connectivity index is 1.90. The van der Waals surface area contributed by atoms with Gasteiger partial charge in [-0.3, -0.25) is 4.79 Å². The van der Waals surface area contributed by atoms with Gasteiger partial charge in [0.05, 0.1) is 0 Å². The fraction of sp³-hybridized carbons (Fsp3) is 0.467. The largest absolute Gasteiger partial charge is 0.445 e. The number of hydrogen-bond donors (Lipinski definition) is 0. The van der Waals surface area contributed by atoms with Gasteiger partial charge in [0.15, 0.2) is 0 Å². The lowest BCUT2D eigenvalue weighted by Gasteiger charge is -2.33. The Labute approximate surface area is 113 Å². The SMILES string of the molecule is CC[C@H]1CC(=O)CCN1C(=O)OCc1ccccc1. The van der Waals surface area contributed by atoms with E-state index in [4.69, 9.17) is 4.74 Å². The normalized spacial score (nSPS) is 19.3. The predicted octanol–water partition coefficient (Wildman–Crippen LogP) is 2.77. The maximum absolute atomic E-state index is 12.0. The number of carbonyl (C=O) groups is 2. The monoisotopic (exact) mass is 261 g/mol. The van der Waals surface area contributed by atoms with Crippen LogP contribution in [0.2, 0.25) is 0 Å². The first-order chi connectivity index (χ1) is 9.20. The molecule has 0 aliphatic carbocycles. The Morgan fingerprint density at radius 2 is 2.11 bits per heavy atom. The molecule has 0 unspecified atom stereocenters. The molecule has 1 saturated heterocycles. The zero-order valence-corrected chi connectivity index (χ0v) is 11.2. The summed E-state index contributed by atoms with van der Waals surface area (Å²) in [5, 5.41) is 0. The molecule has 1 aromatic carbocycles. The summed E-state index contributed by atoms with van der Waals surface area (Å²) in [6.07, 6.45) is 1.36. The van der Waals surface area contributed by atoms with Crippen molar-refractivity contribution >= 4 is 11.9 Å². The van der Waals surface area contributed by atoms with Crippen molar-refractivity contribution in [1.82, 2.24) is 4.90 Å². The summed E-state index contributed by atoms with van der Waals surface area (Å²) >= 11 is 0. The Kier molecular flexibility index (Phi) is 4.55. The summed E-state index contributed by atoms with van der Waals surface area (Å²) in [5.74, 6) is 0.235. The average molecular weight is 261 g/mol. The number of ketones is 1. The third-order valence-corrected chi connectivity index (χ3v) is 3.45. The summed E-state index contributed by atoms with van der Waals surface area (Å²) in [6, 6.07) is 9.59. The van der Waals surface area contributed by atoms with E-state index in [0.717, 1.165) is 12.0 Å². The smallest absolute Gasteiger partial charge is 0.410 e. The molecule has 1 atom stereocenters. The minimum Gasteiger partial charge on any atom is -0.445 e. The van der Waals surface area contributed by atoms with Crippen molar-refractivity contribution in [2.75, 3.05) is 6.54 Å². The van der Waals surface area contributed by atoms with E-state index in [1.165, 1.54) is 0 Å². The van der Waals surface area contributed by atoms with Crippen LogP contribution in [-0.2, 0) is 16.1 Å². The number of benzene rings is 1. The molecule has 1 aromatic rings. The molecule has 19 heavy (non-hydrogen) atoms. The number of ether oxygens (including phenoxy) is 1. The second-order valence-electron chi connectivity index (χ2n) is 4.79.